The third-order valence-corrected chi connectivity index (χ3v) is 7.48. The monoisotopic (exact) mass is 500 g/mol. The van der Waals surface area contributed by atoms with E-state index in [-0.39, 0.29) is 5.41 Å². The first-order chi connectivity index (χ1) is 14.0. The van der Waals surface area contributed by atoms with Gasteiger partial charge in [0.2, 0.25) is 0 Å². The lowest BCUT2D eigenvalue weighted by Crippen LogP contribution is -2.16. The fourth-order valence-electron chi connectivity index (χ4n) is 5.40. The topological polar surface area (TPSA) is 0 Å². The van der Waals surface area contributed by atoms with Gasteiger partial charge in [-0.25, -0.2) is 0 Å². The molecule has 0 spiro atoms. The molecular weight excluding hydrogens is 484 g/mol. The molecule has 1 aliphatic carbocycles. The Morgan fingerprint density at radius 2 is 1.28 bits per heavy atom. The highest BCUT2D eigenvalue weighted by Gasteiger charge is 2.39. The average Bonchev–Trinajstić information content (AvgIpc) is 2.96. The van der Waals surface area contributed by atoms with E-state index in [2.05, 4.69) is 119 Å². The lowest BCUT2D eigenvalue weighted by atomic mass is 9.78. The lowest BCUT2D eigenvalue weighted by Gasteiger charge is -2.25. The maximum atomic E-state index is 3.69. The van der Waals surface area contributed by atoms with Gasteiger partial charge in [0.05, 0.1) is 0 Å². The van der Waals surface area contributed by atoms with Gasteiger partial charge in [0.25, 0.3) is 0 Å². The zero-order valence-electron chi connectivity index (χ0n) is 16.2. The maximum Gasteiger partial charge on any atom is 0.0181 e. The quantitative estimate of drug-likeness (QED) is 0.186. The first-order valence-corrected chi connectivity index (χ1v) is 11.4. The van der Waals surface area contributed by atoms with E-state index >= 15 is 0 Å². The number of halogens is 2. The first kappa shape index (κ1) is 17.7. The Hall–Kier alpha value is -2.16. The summed E-state index contributed by atoms with van der Waals surface area (Å²) in [6.07, 6.45) is 0. The maximum absolute atomic E-state index is 3.69. The second kappa shape index (κ2) is 5.93. The minimum atomic E-state index is -0.0753. The van der Waals surface area contributed by atoms with Crippen LogP contribution in [0.15, 0.2) is 81.7 Å². The molecule has 6 rings (SSSR count). The van der Waals surface area contributed by atoms with Crippen molar-refractivity contribution in [3.8, 4) is 11.1 Å². The van der Waals surface area contributed by atoms with Gasteiger partial charge in [-0.1, -0.05) is 94.2 Å². The van der Waals surface area contributed by atoms with Crippen molar-refractivity contribution in [2.24, 2.45) is 0 Å². The molecule has 0 N–H and O–H groups in total. The highest BCUT2D eigenvalue weighted by Crippen LogP contribution is 2.56. The van der Waals surface area contributed by atoms with E-state index in [9.17, 15) is 0 Å². The number of rotatable bonds is 0. The predicted octanol–water partition coefficient (Wildman–Crippen LogP) is 8.98. The molecule has 0 amide bonds. The summed E-state index contributed by atoms with van der Waals surface area (Å²) in [6, 6.07) is 26.8. The van der Waals surface area contributed by atoms with Crippen molar-refractivity contribution < 1.29 is 0 Å². The minimum Gasteiger partial charge on any atom is -0.0616 e. The van der Waals surface area contributed by atoms with Crippen LogP contribution in [-0.4, -0.2) is 0 Å². The van der Waals surface area contributed by atoms with Gasteiger partial charge in [-0.2, -0.15) is 0 Å². The zero-order chi connectivity index (χ0) is 19.9. The van der Waals surface area contributed by atoms with Crippen LogP contribution in [0.1, 0.15) is 25.0 Å². The number of fused-ring (bicyclic) bond motifs is 10. The van der Waals surface area contributed by atoms with Crippen molar-refractivity contribution >= 4 is 64.2 Å². The predicted molar refractivity (Wildman–Crippen MR) is 132 cm³/mol. The van der Waals surface area contributed by atoms with Crippen molar-refractivity contribution in [3.05, 3.63) is 92.9 Å². The van der Waals surface area contributed by atoms with E-state index in [1.54, 1.807) is 0 Å². The summed E-state index contributed by atoms with van der Waals surface area (Å²) < 4.78 is 2.25. The van der Waals surface area contributed by atoms with E-state index in [1.165, 1.54) is 54.6 Å². The Morgan fingerprint density at radius 3 is 2.07 bits per heavy atom. The molecule has 0 heterocycles. The Morgan fingerprint density at radius 1 is 0.586 bits per heavy atom. The Balaban J connectivity index is 1.88. The van der Waals surface area contributed by atoms with E-state index in [0.29, 0.717) is 0 Å². The van der Waals surface area contributed by atoms with Gasteiger partial charge in [0.15, 0.2) is 0 Å². The average molecular weight is 502 g/mol. The fourth-order valence-corrected chi connectivity index (χ4v) is 6.14. The summed E-state index contributed by atoms with van der Waals surface area (Å²) in [6.45, 7) is 4.77. The molecule has 2 heteroatoms. The van der Waals surface area contributed by atoms with Crippen molar-refractivity contribution in [3.63, 3.8) is 0 Å². The van der Waals surface area contributed by atoms with Crippen molar-refractivity contribution in [2.75, 3.05) is 0 Å². The summed E-state index contributed by atoms with van der Waals surface area (Å²) in [7, 11) is 0. The Bertz CT molecular complexity index is 1490. The van der Waals surface area contributed by atoms with Crippen LogP contribution in [0.4, 0.5) is 0 Å². The Kier molecular flexibility index (Phi) is 3.62. The van der Waals surface area contributed by atoms with E-state index in [4.69, 9.17) is 0 Å². The molecule has 5 aromatic rings. The summed E-state index contributed by atoms with van der Waals surface area (Å²) >= 11 is 7.33. The van der Waals surface area contributed by atoms with Crippen LogP contribution in [0.3, 0.4) is 0 Å². The van der Waals surface area contributed by atoms with Crippen molar-refractivity contribution in [2.45, 2.75) is 19.3 Å². The normalized spacial score (nSPS) is 14.5. The molecule has 1 aliphatic rings. The SMILES string of the molecule is CC1(C)c2c(ccc3cc(Br)ccc23)-c2c1c1ccc(Br)cc1c1ccccc21. The van der Waals surface area contributed by atoms with Crippen LogP contribution in [0.25, 0.3) is 43.4 Å². The van der Waals surface area contributed by atoms with Crippen molar-refractivity contribution in [1.29, 1.82) is 0 Å². The molecule has 0 aliphatic heterocycles. The van der Waals surface area contributed by atoms with Gasteiger partial charge in [-0.05, 0) is 78.8 Å². The molecular formula is C27H18Br2. The smallest absolute Gasteiger partial charge is 0.0181 e. The van der Waals surface area contributed by atoms with Crippen LogP contribution >= 0.6 is 31.9 Å². The highest BCUT2D eigenvalue weighted by molar-refractivity contribution is 9.10. The summed E-state index contributed by atoms with van der Waals surface area (Å²) in [4.78, 5) is 0. The molecule has 0 radical (unpaired) electrons. The lowest BCUT2D eigenvalue weighted by molar-refractivity contribution is 0.672. The highest BCUT2D eigenvalue weighted by atomic mass is 79.9. The van der Waals surface area contributed by atoms with Crippen LogP contribution < -0.4 is 0 Å². The first-order valence-electron chi connectivity index (χ1n) is 9.84. The van der Waals surface area contributed by atoms with E-state index in [1.807, 2.05) is 0 Å². The van der Waals surface area contributed by atoms with Crippen LogP contribution in [0.5, 0.6) is 0 Å². The van der Waals surface area contributed by atoms with Crippen LogP contribution in [0.2, 0.25) is 0 Å². The van der Waals surface area contributed by atoms with E-state index < -0.39 is 0 Å². The van der Waals surface area contributed by atoms with E-state index in [0.717, 1.165) is 8.95 Å². The molecule has 0 aromatic heterocycles. The molecule has 0 bridgehead atoms. The largest absolute Gasteiger partial charge is 0.0616 e. The molecule has 5 aromatic carbocycles. The molecule has 0 atom stereocenters. The standard InChI is InChI=1S/C27H18Br2/c1-27(2)25-18-11-8-16(28)13-15(18)7-10-22(25)24-20-6-4-3-5-19(20)23-14-17(29)9-12-21(23)26(24)27/h3-14H,1-2H3. The molecule has 0 fully saturated rings. The van der Waals surface area contributed by atoms with Crippen LogP contribution in [-0.2, 0) is 5.41 Å². The number of hydrogen-bond acceptors (Lipinski definition) is 0. The van der Waals surface area contributed by atoms with Gasteiger partial charge in [-0.15, -0.1) is 0 Å². The van der Waals surface area contributed by atoms with Gasteiger partial charge < -0.3 is 0 Å². The number of benzene rings is 5. The Labute approximate surface area is 186 Å². The third-order valence-electron chi connectivity index (χ3n) is 6.49. The summed E-state index contributed by atoms with van der Waals surface area (Å²) in [5.41, 5.74) is 5.59. The van der Waals surface area contributed by atoms with Gasteiger partial charge in [-0.3, -0.25) is 0 Å². The zero-order valence-corrected chi connectivity index (χ0v) is 19.4. The molecule has 29 heavy (non-hydrogen) atoms. The van der Waals surface area contributed by atoms with Crippen LogP contribution in [0, 0.1) is 0 Å². The minimum absolute atomic E-state index is 0.0753. The summed E-state index contributed by atoms with van der Waals surface area (Å²) in [5.74, 6) is 0. The van der Waals surface area contributed by atoms with Gasteiger partial charge in [0, 0.05) is 14.4 Å². The van der Waals surface area contributed by atoms with Gasteiger partial charge >= 0.3 is 0 Å². The third kappa shape index (κ3) is 2.30. The second-order valence-corrected chi connectivity index (χ2v) is 10.3. The molecule has 0 unspecified atom stereocenters. The van der Waals surface area contributed by atoms with Gasteiger partial charge in [0.1, 0.15) is 0 Å². The second-order valence-electron chi connectivity index (χ2n) is 8.46. The molecule has 0 saturated heterocycles. The summed E-state index contributed by atoms with van der Waals surface area (Å²) in [5, 5.41) is 7.98. The van der Waals surface area contributed by atoms with Crippen molar-refractivity contribution in [1.82, 2.24) is 0 Å². The number of hydrogen-bond donors (Lipinski definition) is 0. The fraction of sp³-hybridized carbons (Fsp3) is 0.111. The molecule has 0 saturated carbocycles. The molecule has 0 nitrogen and oxygen atoms in total. The molecule has 140 valence electrons.